The predicted molar refractivity (Wildman–Crippen MR) is 109 cm³/mol. The molecule has 0 atom stereocenters. The van der Waals surface area contributed by atoms with E-state index in [1.807, 2.05) is 79.3 Å². The smallest absolute Gasteiger partial charge is 0.261 e. The number of nitrogens with zero attached hydrogens (tertiary/aromatic N) is 1. The number of nitrogens with one attached hydrogen (secondary N) is 1. The minimum absolute atomic E-state index is 0.126. The highest BCUT2D eigenvalue weighted by Gasteiger charge is 2.14. The number of aryl methyl sites for hydroxylation is 2. The van der Waals surface area contributed by atoms with Crippen LogP contribution in [0.2, 0.25) is 0 Å². The molecule has 144 valence electrons. The maximum absolute atomic E-state index is 12.7. The molecule has 0 unspecified atom stereocenters. The summed E-state index contributed by atoms with van der Waals surface area (Å²) in [7, 11) is 3.23. The first-order valence-electron chi connectivity index (χ1n) is 9.09. The number of ether oxygens (including phenoxy) is 2. The number of methoxy groups -OCH3 is 2. The van der Waals surface area contributed by atoms with Gasteiger partial charge in [-0.25, -0.2) is 0 Å². The monoisotopic (exact) mass is 377 g/mol. The Bertz CT molecular complexity index is 979. The molecule has 0 bridgehead atoms. The number of para-hydroxylation sites is 1. The van der Waals surface area contributed by atoms with E-state index in [1.54, 1.807) is 14.2 Å². The highest BCUT2D eigenvalue weighted by molar-refractivity contribution is 6.04. The van der Waals surface area contributed by atoms with E-state index >= 15 is 0 Å². The first-order chi connectivity index (χ1) is 13.5. The zero-order valence-corrected chi connectivity index (χ0v) is 16.7. The lowest BCUT2D eigenvalue weighted by molar-refractivity contribution is -0.688. The molecule has 0 fully saturated rings. The quantitative estimate of drug-likeness (QED) is 0.663. The van der Waals surface area contributed by atoms with Crippen molar-refractivity contribution in [3.8, 4) is 11.5 Å². The molecule has 3 aromatic rings. The van der Waals surface area contributed by atoms with Gasteiger partial charge in [0.05, 0.1) is 14.2 Å². The van der Waals surface area contributed by atoms with Crippen LogP contribution in [0.5, 0.6) is 11.5 Å². The third-order valence-electron chi connectivity index (χ3n) is 4.65. The lowest BCUT2D eigenvalue weighted by Crippen LogP contribution is -2.35. The molecule has 5 nitrogen and oxygen atoms in total. The van der Waals surface area contributed by atoms with Crippen molar-refractivity contribution >= 4 is 11.6 Å². The van der Waals surface area contributed by atoms with Crippen LogP contribution in [-0.2, 0) is 6.54 Å². The molecule has 1 N–H and O–H groups in total. The Labute approximate surface area is 165 Å². The largest absolute Gasteiger partial charge is 0.493 e. The maximum atomic E-state index is 12.7. The number of hydrogen-bond acceptors (Lipinski definition) is 3. The molecule has 0 saturated carbocycles. The zero-order valence-electron chi connectivity index (χ0n) is 16.7. The van der Waals surface area contributed by atoms with E-state index in [0.29, 0.717) is 23.6 Å². The van der Waals surface area contributed by atoms with Crippen molar-refractivity contribution < 1.29 is 18.8 Å². The van der Waals surface area contributed by atoms with E-state index in [1.165, 1.54) is 0 Å². The summed E-state index contributed by atoms with van der Waals surface area (Å²) in [5.41, 5.74) is 4.60. The summed E-state index contributed by atoms with van der Waals surface area (Å²) in [6.45, 7) is 4.60. The second-order valence-electron chi connectivity index (χ2n) is 6.68. The van der Waals surface area contributed by atoms with E-state index in [0.717, 1.165) is 22.4 Å². The van der Waals surface area contributed by atoms with Gasteiger partial charge in [0, 0.05) is 17.3 Å². The van der Waals surface area contributed by atoms with Crippen molar-refractivity contribution in [2.45, 2.75) is 20.4 Å². The Balaban J connectivity index is 1.80. The van der Waals surface area contributed by atoms with Gasteiger partial charge >= 0.3 is 0 Å². The molecule has 3 rings (SSSR count). The Hall–Kier alpha value is -3.34. The van der Waals surface area contributed by atoms with Gasteiger partial charge in [-0.1, -0.05) is 18.2 Å². The molecule has 0 aliphatic heterocycles. The molecular weight excluding hydrogens is 352 g/mol. The molecule has 0 aliphatic rings. The standard InChI is InChI=1S/C23H24N2O3/c1-16-7-5-8-17(2)22(16)24-23(26)19-9-6-12-25(15-19)14-18-10-11-20(27-3)21(13-18)28-4/h5-13,15H,14H2,1-4H3/p+1. The summed E-state index contributed by atoms with van der Waals surface area (Å²) in [6, 6.07) is 15.5. The van der Waals surface area contributed by atoms with Gasteiger partial charge in [-0.3, -0.25) is 4.79 Å². The van der Waals surface area contributed by atoms with Crippen LogP contribution in [0.25, 0.3) is 0 Å². The first-order valence-corrected chi connectivity index (χ1v) is 9.09. The number of pyridine rings is 1. The van der Waals surface area contributed by atoms with Crippen molar-refractivity contribution in [3.05, 3.63) is 83.2 Å². The van der Waals surface area contributed by atoms with Crippen molar-refractivity contribution in [3.63, 3.8) is 0 Å². The number of aromatic nitrogens is 1. The van der Waals surface area contributed by atoms with E-state index < -0.39 is 0 Å². The van der Waals surface area contributed by atoms with E-state index in [4.69, 9.17) is 9.47 Å². The molecule has 0 radical (unpaired) electrons. The summed E-state index contributed by atoms with van der Waals surface area (Å²) in [5, 5.41) is 3.03. The van der Waals surface area contributed by atoms with Gasteiger partial charge in [0.15, 0.2) is 30.4 Å². The second kappa shape index (κ2) is 8.57. The van der Waals surface area contributed by atoms with Crippen LogP contribution in [0.4, 0.5) is 5.69 Å². The average Bonchev–Trinajstić information content (AvgIpc) is 2.70. The molecule has 5 heteroatoms. The summed E-state index contributed by atoms with van der Waals surface area (Å²) in [5.74, 6) is 1.25. The topological polar surface area (TPSA) is 51.4 Å². The van der Waals surface area contributed by atoms with Crippen LogP contribution in [0.15, 0.2) is 60.9 Å². The highest BCUT2D eigenvalue weighted by atomic mass is 16.5. The SMILES string of the molecule is COc1ccc(C[n+]2cccc(C(=O)Nc3c(C)cccc3C)c2)cc1OC. The fraction of sp³-hybridized carbons (Fsp3) is 0.217. The minimum atomic E-state index is -0.126. The molecule has 1 heterocycles. The molecule has 0 aliphatic carbocycles. The van der Waals surface area contributed by atoms with Crippen LogP contribution >= 0.6 is 0 Å². The Morgan fingerprint density at radius 1 is 0.964 bits per heavy atom. The summed E-state index contributed by atoms with van der Waals surface area (Å²) >= 11 is 0. The third-order valence-corrected chi connectivity index (χ3v) is 4.65. The predicted octanol–water partition coefficient (Wildman–Crippen LogP) is 3.91. The van der Waals surface area contributed by atoms with Crippen molar-refractivity contribution in [1.82, 2.24) is 0 Å². The van der Waals surface area contributed by atoms with Crippen LogP contribution in [0, 0.1) is 13.8 Å². The Morgan fingerprint density at radius 2 is 1.68 bits per heavy atom. The van der Waals surface area contributed by atoms with Gasteiger partial charge < -0.3 is 14.8 Å². The highest BCUT2D eigenvalue weighted by Crippen LogP contribution is 2.27. The fourth-order valence-corrected chi connectivity index (χ4v) is 3.14. The number of hydrogen-bond donors (Lipinski definition) is 1. The van der Waals surface area contributed by atoms with Crippen LogP contribution in [0.1, 0.15) is 27.0 Å². The number of carbonyl (C=O) groups is 1. The zero-order chi connectivity index (χ0) is 20.1. The van der Waals surface area contributed by atoms with Crippen molar-refractivity contribution in [2.75, 3.05) is 19.5 Å². The van der Waals surface area contributed by atoms with Crippen molar-refractivity contribution in [1.29, 1.82) is 0 Å². The lowest BCUT2D eigenvalue weighted by atomic mass is 10.1. The van der Waals surface area contributed by atoms with Gasteiger partial charge in [-0.2, -0.15) is 4.57 Å². The number of rotatable bonds is 6. The third kappa shape index (κ3) is 4.31. The van der Waals surface area contributed by atoms with E-state index in [2.05, 4.69) is 5.32 Å². The Morgan fingerprint density at radius 3 is 2.36 bits per heavy atom. The Kier molecular flexibility index (Phi) is 5.94. The summed E-state index contributed by atoms with van der Waals surface area (Å²) < 4.78 is 12.6. The number of anilines is 1. The second-order valence-corrected chi connectivity index (χ2v) is 6.68. The molecule has 2 aromatic carbocycles. The normalized spacial score (nSPS) is 10.4. The van der Waals surface area contributed by atoms with Gasteiger partial charge in [0.1, 0.15) is 5.56 Å². The average molecular weight is 377 g/mol. The number of amides is 1. The first kappa shape index (κ1) is 19.4. The van der Waals surface area contributed by atoms with Gasteiger partial charge in [0.2, 0.25) is 0 Å². The van der Waals surface area contributed by atoms with Crippen molar-refractivity contribution in [2.24, 2.45) is 0 Å². The maximum Gasteiger partial charge on any atom is 0.261 e. The van der Waals surface area contributed by atoms with Crippen LogP contribution < -0.4 is 19.4 Å². The van der Waals surface area contributed by atoms with Gasteiger partial charge in [-0.05, 0) is 49.2 Å². The van der Waals surface area contributed by atoms with E-state index in [9.17, 15) is 4.79 Å². The summed E-state index contributed by atoms with van der Waals surface area (Å²) in [6.07, 6.45) is 3.78. The van der Waals surface area contributed by atoms with Gasteiger partial charge in [-0.15, -0.1) is 0 Å². The minimum Gasteiger partial charge on any atom is -0.493 e. The number of benzene rings is 2. The van der Waals surface area contributed by atoms with Crippen LogP contribution in [-0.4, -0.2) is 20.1 Å². The van der Waals surface area contributed by atoms with E-state index in [-0.39, 0.29) is 5.91 Å². The lowest BCUT2D eigenvalue weighted by Gasteiger charge is -2.11. The molecule has 28 heavy (non-hydrogen) atoms. The van der Waals surface area contributed by atoms with Crippen LogP contribution in [0.3, 0.4) is 0 Å². The number of carbonyl (C=O) groups excluding carboxylic acids is 1. The molecule has 0 saturated heterocycles. The molecular formula is C23H25N2O3+. The fourth-order valence-electron chi connectivity index (χ4n) is 3.14. The molecule has 0 spiro atoms. The molecule has 1 amide bonds. The van der Waals surface area contributed by atoms with Gasteiger partial charge in [0.25, 0.3) is 5.91 Å². The molecule has 1 aromatic heterocycles. The summed E-state index contributed by atoms with van der Waals surface area (Å²) in [4.78, 5) is 12.7.